The van der Waals surface area contributed by atoms with Crippen molar-refractivity contribution in [3.63, 3.8) is 0 Å². The largest absolute Gasteiger partial charge is 0.483 e. The van der Waals surface area contributed by atoms with Gasteiger partial charge in [0.2, 0.25) is 0 Å². The van der Waals surface area contributed by atoms with Gasteiger partial charge < -0.3 is 15.8 Å². The second kappa shape index (κ2) is 7.68. The maximum Gasteiger partial charge on any atom is 0.405 e. The summed E-state index contributed by atoms with van der Waals surface area (Å²) in [6.45, 7) is -2.33. The summed E-state index contributed by atoms with van der Waals surface area (Å²) < 4.78 is 40.6. The van der Waals surface area contributed by atoms with Gasteiger partial charge in [0.1, 0.15) is 12.3 Å². The Kier molecular flexibility index (Phi) is 6.19. The predicted octanol–water partition coefficient (Wildman–Crippen LogP) is 1.21. The lowest BCUT2D eigenvalue weighted by Gasteiger charge is -2.11. The van der Waals surface area contributed by atoms with Gasteiger partial charge in [0.05, 0.1) is 5.56 Å². The van der Waals surface area contributed by atoms with E-state index >= 15 is 0 Å². The van der Waals surface area contributed by atoms with Gasteiger partial charge in [-0.1, -0.05) is 11.6 Å². The fraction of sp³-hybridized carbons (Fsp3) is 0.250. The van der Waals surface area contributed by atoms with Gasteiger partial charge in [-0.25, -0.2) is 4.79 Å². The van der Waals surface area contributed by atoms with Crippen molar-refractivity contribution in [3.8, 4) is 5.75 Å². The smallest absolute Gasteiger partial charge is 0.405 e. The van der Waals surface area contributed by atoms with Crippen LogP contribution in [0.3, 0.4) is 0 Å². The molecular weight excluding hydrogens is 343 g/mol. The van der Waals surface area contributed by atoms with Crippen LogP contribution in [0.1, 0.15) is 10.4 Å². The molecule has 23 heavy (non-hydrogen) atoms. The van der Waals surface area contributed by atoms with E-state index < -0.39 is 37.2 Å². The van der Waals surface area contributed by atoms with Crippen molar-refractivity contribution in [1.29, 1.82) is 0 Å². The number of nitrogens with one attached hydrogen (secondary N) is 2. The van der Waals surface area contributed by atoms with Crippen molar-refractivity contribution < 1.29 is 32.3 Å². The van der Waals surface area contributed by atoms with Crippen molar-refractivity contribution in [2.45, 2.75) is 6.18 Å². The SMILES string of the molecule is NC(=O)c1ccc(Cl)cc1OCC(=O)NC(=O)NCC(F)(F)F. The van der Waals surface area contributed by atoms with Gasteiger partial charge in [-0.3, -0.25) is 14.9 Å². The van der Waals surface area contributed by atoms with E-state index in [9.17, 15) is 27.6 Å². The number of carbonyl (C=O) groups excluding carboxylic acids is 3. The van der Waals surface area contributed by atoms with E-state index in [0.29, 0.717) is 0 Å². The zero-order valence-electron chi connectivity index (χ0n) is 11.4. The molecule has 0 aliphatic carbocycles. The van der Waals surface area contributed by atoms with Crippen LogP contribution in [0.25, 0.3) is 0 Å². The third kappa shape index (κ3) is 6.87. The molecule has 0 radical (unpaired) electrons. The van der Waals surface area contributed by atoms with Crippen molar-refractivity contribution in [1.82, 2.24) is 10.6 Å². The monoisotopic (exact) mass is 353 g/mol. The average Bonchev–Trinajstić information content (AvgIpc) is 2.42. The summed E-state index contributed by atoms with van der Waals surface area (Å²) in [7, 11) is 0. The van der Waals surface area contributed by atoms with E-state index in [2.05, 4.69) is 0 Å². The van der Waals surface area contributed by atoms with E-state index in [1.54, 1.807) is 5.32 Å². The highest BCUT2D eigenvalue weighted by molar-refractivity contribution is 6.30. The van der Waals surface area contributed by atoms with E-state index in [1.807, 2.05) is 0 Å². The number of hydrogen-bond donors (Lipinski definition) is 3. The van der Waals surface area contributed by atoms with Crippen LogP contribution in [-0.2, 0) is 4.79 Å². The fourth-order valence-electron chi connectivity index (χ4n) is 1.35. The number of alkyl halides is 3. The van der Waals surface area contributed by atoms with Crippen molar-refractivity contribution in [2.75, 3.05) is 13.2 Å². The molecule has 0 aliphatic heterocycles. The second-order valence-corrected chi connectivity index (χ2v) is 4.58. The Balaban J connectivity index is 2.55. The van der Waals surface area contributed by atoms with Crippen molar-refractivity contribution >= 4 is 29.4 Å². The minimum atomic E-state index is -4.60. The van der Waals surface area contributed by atoms with Crippen LogP contribution in [0.5, 0.6) is 5.75 Å². The molecule has 0 aromatic heterocycles. The Morgan fingerprint density at radius 1 is 1.26 bits per heavy atom. The van der Waals surface area contributed by atoms with Gasteiger partial charge in [0.25, 0.3) is 11.8 Å². The lowest BCUT2D eigenvalue weighted by atomic mass is 10.2. The lowest BCUT2D eigenvalue weighted by Crippen LogP contribution is -2.44. The number of primary amides is 1. The summed E-state index contributed by atoms with van der Waals surface area (Å²) in [5.41, 5.74) is 5.05. The summed E-state index contributed by atoms with van der Waals surface area (Å²) in [4.78, 5) is 33.6. The highest BCUT2D eigenvalue weighted by Gasteiger charge is 2.28. The molecule has 0 saturated heterocycles. The van der Waals surface area contributed by atoms with Crippen LogP contribution in [0.2, 0.25) is 5.02 Å². The van der Waals surface area contributed by atoms with E-state index in [1.165, 1.54) is 23.5 Å². The molecular formula is C12H11ClF3N3O4. The molecule has 0 bridgehead atoms. The van der Waals surface area contributed by atoms with Gasteiger partial charge in [-0.15, -0.1) is 0 Å². The molecule has 1 rings (SSSR count). The van der Waals surface area contributed by atoms with Gasteiger partial charge in [-0.2, -0.15) is 13.2 Å². The molecule has 4 N–H and O–H groups in total. The maximum atomic E-state index is 11.9. The first-order valence-corrected chi connectivity index (χ1v) is 6.33. The number of halogens is 4. The summed E-state index contributed by atoms with van der Waals surface area (Å²) in [5.74, 6) is -1.96. The molecule has 4 amide bonds. The Labute approximate surface area is 132 Å². The second-order valence-electron chi connectivity index (χ2n) is 4.14. The van der Waals surface area contributed by atoms with Crippen LogP contribution in [0, 0.1) is 0 Å². The molecule has 0 aliphatic rings. The third-order valence-corrected chi connectivity index (χ3v) is 2.51. The Morgan fingerprint density at radius 2 is 1.91 bits per heavy atom. The highest BCUT2D eigenvalue weighted by atomic mass is 35.5. The fourth-order valence-corrected chi connectivity index (χ4v) is 1.51. The normalized spacial score (nSPS) is 10.8. The molecule has 7 nitrogen and oxygen atoms in total. The number of nitrogens with two attached hydrogens (primary N) is 1. The molecule has 11 heteroatoms. The molecule has 0 atom stereocenters. The minimum absolute atomic E-state index is 0.0521. The molecule has 1 aromatic rings. The number of carbonyl (C=O) groups is 3. The lowest BCUT2D eigenvalue weighted by molar-refractivity contribution is -0.125. The molecule has 0 unspecified atom stereocenters. The Morgan fingerprint density at radius 3 is 2.48 bits per heavy atom. The van der Waals surface area contributed by atoms with Crippen molar-refractivity contribution in [2.24, 2.45) is 5.73 Å². The predicted molar refractivity (Wildman–Crippen MR) is 73.1 cm³/mol. The first-order chi connectivity index (χ1) is 10.6. The van der Waals surface area contributed by atoms with Gasteiger partial charge >= 0.3 is 12.2 Å². The molecule has 1 aromatic carbocycles. The average molecular weight is 354 g/mol. The molecule has 0 heterocycles. The zero-order chi connectivity index (χ0) is 17.6. The molecule has 0 spiro atoms. The minimum Gasteiger partial charge on any atom is -0.483 e. The number of ether oxygens (including phenoxy) is 1. The van der Waals surface area contributed by atoms with Crippen LogP contribution in [0.15, 0.2) is 18.2 Å². The molecule has 0 saturated carbocycles. The van der Waals surface area contributed by atoms with Gasteiger partial charge in [0, 0.05) is 5.02 Å². The number of benzene rings is 1. The highest BCUT2D eigenvalue weighted by Crippen LogP contribution is 2.23. The van der Waals surface area contributed by atoms with E-state index in [0.717, 1.165) is 0 Å². The number of urea groups is 1. The molecule has 0 fully saturated rings. The standard InChI is InChI=1S/C12H11ClF3N3O4/c13-6-1-2-7(10(17)21)8(3-6)23-4-9(20)19-11(22)18-5-12(14,15)16/h1-3H,4-5H2,(H2,17,21)(H2,18,19,20,22). The van der Waals surface area contributed by atoms with Crippen LogP contribution in [-0.4, -0.2) is 37.2 Å². The summed E-state index contributed by atoms with van der Waals surface area (Å²) >= 11 is 5.70. The number of amides is 4. The van der Waals surface area contributed by atoms with E-state index in [4.69, 9.17) is 22.1 Å². The first-order valence-electron chi connectivity index (χ1n) is 5.95. The third-order valence-electron chi connectivity index (χ3n) is 2.27. The Bertz CT molecular complexity index is 622. The van der Waals surface area contributed by atoms with Crippen LogP contribution >= 0.6 is 11.6 Å². The number of rotatable bonds is 5. The zero-order valence-corrected chi connectivity index (χ0v) is 12.1. The van der Waals surface area contributed by atoms with Gasteiger partial charge in [-0.05, 0) is 18.2 Å². The Hall–Kier alpha value is -2.49. The molecule has 126 valence electrons. The summed E-state index contributed by atoms with van der Waals surface area (Å²) in [5, 5.41) is 3.27. The van der Waals surface area contributed by atoms with E-state index in [-0.39, 0.29) is 16.3 Å². The summed E-state index contributed by atoms with van der Waals surface area (Å²) in [6.07, 6.45) is -4.60. The topological polar surface area (TPSA) is 111 Å². The first kappa shape index (κ1) is 18.6. The number of imide groups is 1. The van der Waals surface area contributed by atoms with Crippen LogP contribution in [0.4, 0.5) is 18.0 Å². The number of hydrogen-bond acceptors (Lipinski definition) is 4. The van der Waals surface area contributed by atoms with Crippen LogP contribution < -0.4 is 21.1 Å². The maximum absolute atomic E-state index is 11.9. The quantitative estimate of drug-likeness (QED) is 0.738. The van der Waals surface area contributed by atoms with Crippen molar-refractivity contribution in [3.05, 3.63) is 28.8 Å². The van der Waals surface area contributed by atoms with Gasteiger partial charge in [0.15, 0.2) is 6.61 Å². The summed E-state index contributed by atoms with van der Waals surface area (Å²) in [6, 6.07) is 2.53.